The molecule has 0 spiro atoms. The molecule has 2 rings (SSSR count). The fourth-order valence-corrected chi connectivity index (χ4v) is 2.52. The Bertz CT molecular complexity index is 530. The first-order chi connectivity index (χ1) is 8.89. The summed E-state index contributed by atoms with van der Waals surface area (Å²) in [6, 6.07) is 2.36. The number of aliphatic hydroxyl groups is 1. The Morgan fingerprint density at radius 2 is 2.11 bits per heavy atom. The van der Waals surface area contributed by atoms with Gasteiger partial charge in [0.2, 0.25) is 0 Å². The van der Waals surface area contributed by atoms with E-state index in [-0.39, 0.29) is 17.8 Å². The second-order valence-corrected chi connectivity index (χ2v) is 5.52. The third-order valence-electron chi connectivity index (χ3n) is 3.85. The van der Waals surface area contributed by atoms with Crippen LogP contribution < -0.4 is 5.56 Å². The first-order valence-electron chi connectivity index (χ1n) is 6.47. The predicted octanol–water partition coefficient (Wildman–Crippen LogP) is 1.70. The minimum absolute atomic E-state index is 0.125. The van der Waals surface area contributed by atoms with E-state index >= 15 is 0 Å². The van der Waals surface area contributed by atoms with Crippen molar-refractivity contribution in [2.75, 3.05) is 0 Å². The van der Waals surface area contributed by atoms with E-state index in [1.807, 2.05) is 0 Å². The van der Waals surface area contributed by atoms with Crippen LogP contribution in [0.2, 0.25) is 0 Å². The fourth-order valence-electron chi connectivity index (χ4n) is 2.52. The molecule has 6 heteroatoms. The van der Waals surface area contributed by atoms with Crippen molar-refractivity contribution in [3.8, 4) is 0 Å². The lowest BCUT2D eigenvalue weighted by Gasteiger charge is -2.35. The fraction of sp³-hybridized carbons (Fsp3) is 0.615. The van der Waals surface area contributed by atoms with E-state index in [2.05, 4.69) is 6.92 Å². The number of rotatable bonds is 3. The molecule has 104 valence electrons. The van der Waals surface area contributed by atoms with Gasteiger partial charge in [0, 0.05) is 12.1 Å². The Kier molecular flexibility index (Phi) is 3.71. The molecule has 0 atom stereocenters. The normalized spacial score (nSPS) is 27.2. The average molecular weight is 266 g/mol. The van der Waals surface area contributed by atoms with Crippen LogP contribution in [-0.4, -0.2) is 20.2 Å². The van der Waals surface area contributed by atoms with Gasteiger partial charge >= 0.3 is 0 Å². The second kappa shape index (κ2) is 5.13. The van der Waals surface area contributed by atoms with E-state index in [0.29, 0.717) is 18.8 Å². The molecule has 1 aliphatic rings. The van der Waals surface area contributed by atoms with Crippen LogP contribution in [0.3, 0.4) is 0 Å². The predicted molar refractivity (Wildman–Crippen MR) is 69.9 cm³/mol. The summed E-state index contributed by atoms with van der Waals surface area (Å²) < 4.78 is 1.24. The van der Waals surface area contributed by atoms with Crippen LogP contribution in [0.4, 0.5) is 5.69 Å². The van der Waals surface area contributed by atoms with Crippen LogP contribution in [0.1, 0.15) is 32.6 Å². The lowest BCUT2D eigenvalue weighted by atomic mass is 9.79. The lowest BCUT2D eigenvalue weighted by molar-refractivity contribution is -0.385. The number of hydrogen-bond acceptors (Lipinski definition) is 4. The van der Waals surface area contributed by atoms with Crippen LogP contribution in [0.15, 0.2) is 23.1 Å². The molecule has 1 aromatic heterocycles. The summed E-state index contributed by atoms with van der Waals surface area (Å²) in [4.78, 5) is 21.9. The molecule has 0 saturated heterocycles. The maximum absolute atomic E-state index is 11.7. The van der Waals surface area contributed by atoms with Gasteiger partial charge in [-0.15, -0.1) is 0 Å². The minimum atomic E-state index is -0.925. The highest BCUT2D eigenvalue weighted by Gasteiger charge is 2.32. The monoisotopic (exact) mass is 266 g/mol. The largest absolute Gasteiger partial charge is 0.388 e. The van der Waals surface area contributed by atoms with Crippen LogP contribution in [-0.2, 0) is 6.54 Å². The first-order valence-corrected chi connectivity index (χ1v) is 6.47. The average Bonchev–Trinajstić information content (AvgIpc) is 2.36. The smallest absolute Gasteiger partial charge is 0.285 e. The Morgan fingerprint density at radius 1 is 1.47 bits per heavy atom. The molecule has 0 bridgehead atoms. The molecule has 0 unspecified atom stereocenters. The highest BCUT2D eigenvalue weighted by molar-refractivity contribution is 5.24. The van der Waals surface area contributed by atoms with E-state index < -0.39 is 10.5 Å². The number of aromatic nitrogens is 1. The molecule has 6 nitrogen and oxygen atoms in total. The van der Waals surface area contributed by atoms with E-state index in [1.165, 1.54) is 22.9 Å². The summed E-state index contributed by atoms with van der Waals surface area (Å²) in [5, 5.41) is 21.2. The van der Waals surface area contributed by atoms with Crippen LogP contribution >= 0.6 is 0 Å². The lowest BCUT2D eigenvalue weighted by Crippen LogP contribution is -2.40. The maximum Gasteiger partial charge on any atom is 0.285 e. The van der Waals surface area contributed by atoms with Crippen molar-refractivity contribution in [3.05, 3.63) is 38.8 Å². The van der Waals surface area contributed by atoms with Crippen molar-refractivity contribution in [1.29, 1.82) is 0 Å². The summed E-state index contributed by atoms with van der Waals surface area (Å²) in [6.07, 6.45) is 4.30. The molecule has 1 aromatic rings. The zero-order valence-electron chi connectivity index (χ0n) is 10.9. The van der Waals surface area contributed by atoms with Crippen molar-refractivity contribution in [2.45, 2.75) is 44.8 Å². The van der Waals surface area contributed by atoms with Gasteiger partial charge in [-0.25, -0.2) is 0 Å². The number of pyridine rings is 1. The minimum Gasteiger partial charge on any atom is -0.388 e. The van der Waals surface area contributed by atoms with Gasteiger partial charge in [0.05, 0.1) is 23.3 Å². The second-order valence-electron chi connectivity index (χ2n) is 5.52. The molecule has 0 aliphatic heterocycles. The quantitative estimate of drug-likeness (QED) is 0.666. The van der Waals surface area contributed by atoms with E-state index in [0.717, 1.165) is 12.8 Å². The number of hydrogen-bond donors (Lipinski definition) is 1. The summed E-state index contributed by atoms with van der Waals surface area (Å²) in [5.41, 5.74) is -1.38. The third kappa shape index (κ3) is 3.20. The van der Waals surface area contributed by atoms with E-state index in [9.17, 15) is 20.0 Å². The van der Waals surface area contributed by atoms with Gasteiger partial charge in [-0.3, -0.25) is 14.9 Å². The van der Waals surface area contributed by atoms with Gasteiger partial charge in [-0.1, -0.05) is 6.92 Å². The van der Waals surface area contributed by atoms with Gasteiger partial charge in [-0.05, 0) is 31.6 Å². The standard InChI is InChI=1S/C13H18N2O4/c1-10-4-6-13(17,7-5-10)9-14-8-11(15(18)19)2-3-12(14)16/h2-3,8,10,17H,4-7,9H2,1H3. The first kappa shape index (κ1) is 13.7. The van der Waals surface area contributed by atoms with Crippen molar-refractivity contribution in [3.63, 3.8) is 0 Å². The maximum atomic E-state index is 11.7. The Morgan fingerprint density at radius 3 is 2.68 bits per heavy atom. The molecule has 1 fully saturated rings. The van der Waals surface area contributed by atoms with Crippen LogP contribution in [0.5, 0.6) is 0 Å². The molecule has 19 heavy (non-hydrogen) atoms. The molecule has 0 aromatic carbocycles. The SMILES string of the molecule is CC1CCC(O)(Cn2cc([N+](=O)[O-])ccc2=O)CC1. The van der Waals surface area contributed by atoms with Crippen LogP contribution in [0, 0.1) is 16.0 Å². The molecule has 0 amide bonds. The molecular formula is C13H18N2O4. The zero-order chi connectivity index (χ0) is 14.0. The van der Waals surface area contributed by atoms with Gasteiger partial charge in [0.1, 0.15) is 0 Å². The zero-order valence-corrected chi connectivity index (χ0v) is 10.9. The molecule has 1 heterocycles. The third-order valence-corrected chi connectivity index (χ3v) is 3.85. The Hall–Kier alpha value is -1.69. The van der Waals surface area contributed by atoms with Gasteiger partial charge in [0.15, 0.2) is 0 Å². The van der Waals surface area contributed by atoms with E-state index in [4.69, 9.17) is 0 Å². The van der Waals surface area contributed by atoms with Gasteiger partial charge < -0.3 is 9.67 Å². The number of nitrogens with zero attached hydrogens (tertiary/aromatic N) is 2. The molecule has 0 radical (unpaired) electrons. The molecular weight excluding hydrogens is 248 g/mol. The highest BCUT2D eigenvalue weighted by atomic mass is 16.6. The number of nitro groups is 1. The van der Waals surface area contributed by atoms with E-state index in [1.54, 1.807) is 0 Å². The molecule has 1 aliphatic carbocycles. The van der Waals surface area contributed by atoms with Crippen LogP contribution in [0.25, 0.3) is 0 Å². The molecule has 1 saturated carbocycles. The van der Waals surface area contributed by atoms with Crippen molar-refractivity contribution in [1.82, 2.24) is 4.57 Å². The summed E-state index contributed by atoms with van der Waals surface area (Å²) in [5.74, 6) is 0.585. The van der Waals surface area contributed by atoms with Gasteiger partial charge in [-0.2, -0.15) is 0 Å². The Labute approximate surface area is 110 Å². The summed E-state index contributed by atoms with van der Waals surface area (Å²) >= 11 is 0. The van der Waals surface area contributed by atoms with Crippen molar-refractivity contribution < 1.29 is 10.0 Å². The highest BCUT2D eigenvalue weighted by Crippen LogP contribution is 2.32. The Balaban J connectivity index is 2.21. The van der Waals surface area contributed by atoms with Gasteiger partial charge in [0.25, 0.3) is 11.2 Å². The molecule has 1 N–H and O–H groups in total. The summed E-state index contributed by atoms with van der Waals surface area (Å²) in [6.45, 7) is 2.26. The topological polar surface area (TPSA) is 85.4 Å². The van der Waals surface area contributed by atoms with Crippen molar-refractivity contribution in [2.24, 2.45) is 5.92 Å². The van der Waals surface area contributed by atoms with Crippen molar-refractivity contribution >= 4 is 5.69 Å². The summed E-state index contributed by atoms with van der Waals surface area (Å²) in [7, 11) is 0.